The molecule has 1 aromatic heterocycles. The highest BCUT2D eigenvalue weighted by Gasteiger charge is 2.41. The normalized spacial score (nSPS) is 18.9. The quantitative estimate of drug-likeness (QED) is 0.892. The first-order chi connectivity index (χ1) is 12.6. The molecule has 7 heteroatoms. The molecule has 2 saturated heterocycles. The van der Waals surface area contributed by atoms with E-state index in [1.807, 2.05) is 35.2 Å². The Morgan fingerprint density at radius 2 is 1.85 bits per heavy atom. The van der Waals surface area contributed by atoms with Gasteiger partial charge in [0.05, 0.1) is 13.2 Å². The topological polar surface area (TPSA) is 63.7 Å². The second-order valence-corrected chi connectivity index (χ2v) is 6.90. The van der Waals surface area contributed by atoms with Gasteiger partial charge in [-0.15, -0.1) is 0 Å². The molecule has 0 bridgehead atoms. The lowest BCUT2D eigenvalue weighted by atomic mass is 10.0. The molecule has 1 N–H and O–H groups in total. The number of carbonyl (C=O) groups is 1. The minimum atomic E-state index is -0.486. The van der Waals surface area contributed by atoms with Gasteiger partial charge in [-0.2, -0.15) is 0 Å². The van der Waals surface area contributed by atoms with E-state index in [0.29, 0.717) is 49.9 Å². The summed E-state index contributed by atoms with van der Waals surface area (Å²) in [6.07, 6.45) is 3.02. The lowest BCUT2D eigenvalue weighted by molar-refractivity contribution is -0.181. The molecule has 3 heterocycles. The number of nitrogens with one attached hydrogen (secondary N) is 1. The van der Waals surface area contributed by atoms with Gasteiger partial charge in [-0.3, -0.25) is 9.78 Å². The molecule has 0 saturated carbocycles. The van der Waals surface area contributed by atoms with Crippen LogP contribution in [0.2, 0.25) is 5.02 Å². The Kier molecular flexibility index (Phi) is 4.80. The van der Waals surface area contributed by atoms with Crippen LogP contribution in [0.1, 0.15) is 23.3 Å². The van der Waals surface area contributed by atoms with E-state index in [1.165, 1.54) is 0 Å². The highest BCUT2D eigenvalue weighted by atomic mass is 35.5. The zero-order chi connectivity index (χ0) is 18.0. The molecule has 2 aliphatic heterocycles. The van der Waals surface area contributed by atoms with Gasteiger partial charge in [0.15, 0.2) is 5.79 Å². The molecule has 1 aromatic carbocycles. The van der Waals surface area contributed by atoms with Crippen molar-refractivity contribution in [3.05, 3.63) is 53.3 Å². The average molecular weight is 374 g/mol. The van der Waals surface area contributed by atoms with Crippen LogP contribution in [0.3, 0.4) is 0 Å². The molecule has 6 nitrogen and oxygen atoms in total. The standard InChI is InChI=1S/C19H20ClN3O3/c20-14-2-1-3-15(12-14)22-16-4-7-21-17(13-16)18(24)23-8-5-19(6-9-23)25-10-11-26-19/h1-4,7,12-13H,5-6,8-11H2,(H,21,22). The van der Waals surface area contributed by atoms with Crippen LogP contribution >= 0.6 is 11.6 Å². The van der Waals surface area contributed by atoms with Crippen LogP contribution in [0.25, 0.3) is 0 Å². The summed E-state index contributed by atoms with van der Waals surface area (Å²) < 4.78 is 11.4. The van der Waals surface area contributed by atoms with Crippen LogP contribution in [0.15, 0.2) is 42.6 Å². The molecule has 0 unspecified atom stereocenters. The summed E-state index contributed by atoms with van der Waals surface area (Å²) >= 11 is 6.01. The van der Waals surface area contributed by atoms with Gasteiger partial charge in [0.2, 0.25) is 0 Å². The molecule has 2 fully saturated rings. The molecular weight excluding hydrogens is 354 g/mol. The Bertz CT molecular complexity index is 798. The zero-order valence-corrected chi connectivity index (χ0v) is 15.0. The monoisotopic (exact) mass is 373 g/mol. The minimum absolute atomic E-state index is 0.0763. The number of aromatic nitrogens is 1. The van der Waals surface area contributed by atoms with E-state index in [-0.39, 0.29) is 5.91 Å². The summed E-state index contributed by atoms with van der Waals surface area (Å²) in [6, 6.07) is 11.0. The lowest BCUT2D eigenvalue weighted by Gasteiger charge is -2.37. The van der Waals surface area contributed by atoms with Crippen molar-refractivity contribution >= 4 is 28.9 Å². The number of halogens is 1. The molecule has 26 heavy (non-hydrogen) atoms. The predicted molar refractivity (Wildman–Crippen MR) is 98.7 cm³/mol. The van der Waals surface area contributed by atoms with Crippen molar-refractivity contribution < 1.29 is 14.3 Å². The fourth-order valence-electron chi connectivity index (χ4n) is 3.36. The molecule has 1 spiro atoms. The number of piperidine rings is 1. The maximum absolute atomic E-state index is 12.8. The van der Waals surface area contributed by atoms with Crippen molar-refractivity contribution in [3.63, 3.8) is 0 Å². The largest absolute Gasteiger partial charge is 0.355 e. The third kappa shape index (κ3) is 3.67. The zero-order valence-electron chi connectivity index (χ0n) is 14.3. The van der Waals surface area contributed by atoms with Gasteiger partial charge < -0.3 is 19.7 Å². The van der Waals surface area contributed by atoms with E-state index in [9.17, 15) is 4.79 Å². The van der Waals surface area contributed by atoms with Gasteiger partial charge in [0.1, 0.15) is 5.69 Å². The summed E-state index contributed by atoms with van der Waals surface area (Å²) in [5.41, 5.74) is 2.07. The van der Waals surface area contributed by atoms with E-state index < -0.39 is 5.79 Å². The molecule has 2 aliphatic rings. The minimum Gasteiger partial charge on any atom is -0.355 e. The van der Waals surface area contributed by atoms with Gasteiger partial charge in [-0.25, -0.2) is 0 Å². The second-order valence-electron chi connectivity index (χ2n) is 6.46. The SMILES string of the molecule is O=C(c1cc(Nc2cccc(Cl)c2)ccn1)N1CCC2(CC1)OCCO2. The first-order valence-electron chi connectivity index (χ1n) is 8.69. The number of nitrogens with zero attached hydrogens (tertiary/aromatic N) is 2. The Balaban J connectivity index is 1.43. The first-order valence-corrected chi connectivity index (χ1v) is 9.07. The maximum Gasteiger partial charge on any atom is 0.272 e. The molecule has 0 aliphatic carbocycles. The summed E-state index contributed by atoms with van der Waals surface area (Å²) in [4.78, 5) is 18.8. The number of ether oxygens (including phenoxy) is 2. The number of carbonyl (C=O) groups excluding carboxylic acids is 1. The van der Waals surface area contributed by atoms with Crippen molar-refractivity contribution in [2.45, 2.75) is 18.6 Å². The van der Waals surface area contributed by atoms with Crippen molar-refractivity contribution in [1.29, 1.82) is 0 Å². The summed E-state index contributed by atoms with van der Waals surface area (Å²) in [5, 5.41) is 3.90. The molecule has 0 atom stereocenters. The van der Waals surface area contributed by atoms with Gasteiger partial charge in [0.25, 0.3) is 5.91 Å². The van der Waals surface area contributed by atoms with E-state index in [1.54, 1.807) is 12.3 Å². The van der Waals surface area contributed by atoms with E-state index in [0.717, 1.165) is 11.4 Å². The Labute approximate surface area is 157 Å². The van der Waals surface area contributed by atoms with Crippen molar-refractivity contribution in [3.8, 4) is 0 Å². The molecule has 4 rings (SSSR count). The van der Waals surface area contributed by atoms with Crippen LogP contribution in [-0.4, -0.2) is 47.9 Å². The number of rotatable bonds is 3. The number of benzene rings is 1. The van der Waals surface area contributed by atoms with Crippen LogP contribution in [0, 0.1) is 0 Å². The smallest absolute Gasteiger partial charge is 0.272 e. The van der Waals surface area contributed by atoms with E-state index in [4.69, 9.17) is 21.1 Å². The number of likely N-dealkylation sites (tertiary alicyclic amines) is 1. The third-order valence-electron chi connectivity index (χ3n) is 4.72. The molecule has 0 radical (unpaired) electrons. The van der Waals surface area contributed by atoms with Crippen LogP contribution in [0.5, 0.6) is 0 Å². The Hall–Kier alpha value is -2.15. The fraction of sp³-hybridized carbons (Fsp3) is 0.368. The molecule has 1 amide bonds. The molecule has 2 aromatic rings. The number of anilines is 2. The van der Waals surface area contributed by atoms with E-state index in [2.05, 4.69) is 10.3 Å². The number of pyridine rings is 1. The van der Waals surface area contributed by atoms with Crippen LogP contribution in [0.4, 0.5) is 11.4 Å². The van der Waals surface area contributed by atoms with Crippen molar-refractivity contribution in [2.24, 2.45) is 0 Å². The first kappa shape index (κ1) is 17.3. The van der Waals surface area contributed by atoms with Crippen molar-refractivity contribution in [1.82, 2.24) is 9.88 Å². The molecular formula is C19H20ClN3O3. The maximum atomic E-state index is 12.8. The third-order valence-corrected chi connectivity index (χ3v) is 4.95. The lowest BCUT2D eigenvalue weighted by Crippen LogP contribution is -2.47. The summed E-state index contributed by atoms with van der Waals surface area (Å²) in [6.45, 7) is 2.47. The second kappa shape index (κ2) is 7.23. The number of hydrogen-bond donors (Lipinski definition) is 1. The summed E-state index contributed by atoms with van der Waals surface area (Å²) in [7, 11) is 0. The Morgan fingerprint density at radius 3 is 2.58 bits per heavy atom. The van der Waals surface area contributed by atoms with Gasteiger partial charge >= 0.3 is 0 Å². The van der Waals surface area contributed by atoms with Crippen molar-refractivity contribution in [2.75, 3.05) is 31.6 Å². The number of hydrogen-bond acceptors (Lipinski definition) is 5. The van der Waals surface area contributed by atoms with Crippen LogP contribution in [-0.2, 0) is 9.47 Å². The molecule has 136 valence electrons. The number of amides is 1. The highest BCUT2D eigenvalue weighted by molar-refractivity contribution is 6.30. The van der Waals surface area contributed by atoms with Gasteiger partial charge in [-0.1, -0.05) is 17.7 Å². The predicted octanol–water partition coefficient (Wildman–Crippen LogP) is 3.46. The van der Waals surface area contributed by atoms with Gasteiger partial charge in [-0.05, 0) is 30.3 Å². The van der Waals surface area contributed by atoms with E-state index >= 15 is 0 Å². The average Bonchev–Trinajstić information content (AvgIpc) is 3.10. The summed E-state index contributed by atoms with van der Waals surface area (Å²) in [5.74, 6) is -0.562. The van der Waals surface area contributed by atoms with Crippen LogP contribution < -0.4 is 5.32 Å². The Morgan fingerprint density at radius 1 is 1.12 bits per heavy atom. The highest BCUT2D eigenvalue weighted by Crippen LogP contribution is 2.31. The fourth-order valence-corrected chi connectivity index (χ4v) is 3.55. The van der Waals surface area contributed by atoms with Gasteiger partial charge in [0, 0.05) is 48.5 Å².